The molecule has 2 N–H and O–H groups in total. The van der Waals surface area contributed by atoms with Crippen LogP contribution in [0.3, 0.4) is 0 Å². The van der Waals surface area contributed by atoms with Crippen molar-refractivity contribution >= 4 is 28.5 Å². The van der Waals surface area contributed by atoms with E-state index in [1.165, 1.54) is 0 Å². The summed E-state index contributed by atoms with van der Waals surface area (Å²) in [7, 11) is 0. The number of benzene rings is 1. The molecule has 84 valence electrons. The number of aromatic nitrogens is 3. The Morgan fingerprint density at radius 1 is 1.12 bits per heavy atom. The van der Waals surface area contributed by atoms with Crippen LogP contribution in [0.25, 0.3) is 22.2 Å². The molecule has 0 saturated carbocycles. The average Bonchev–Trinajstić information content (AvgIpc) is 2.75. The minimum Gasteiger partial charge on any atom is -0.384 e. The maximum atomic E-state index is 6.11. The van der Waals surface area contributed by atoms with Crippen LogP contribution in [0, 0.1) is 0 Å². The number of hydrogen-bond donors (Lipinski definition) is 1. The van der Waals surface area contributed by atoms with Crippen molar-refractivity contribution in [3.63, 3.8) is 0 Å². The lowest BCUT2D eigenvalue weighted by molar-refractivity contribution is 0.315. The van der Waals surface area contributed by atoms with Gasteiger partial charge in [-0.25, -0.2) is 9.61 Å². The lowest BCUT2D eigenvalue weighted by Gasteiger charge is -2.04. The first kappa shape index (κ1) is 10.0. The van der Waals surface area contributed by atoms with E-state index in [9.17, 15) is 0 Å². The van der Waals surface area contributed by atoms with Gasteiger partial charge in [-0.1, -0.05) is 17.7 Å². The van der Waals surface area contributed by atoms with E-state index in [4.69, 9.17) is 17.3 Å². The van der Waals surface area contributed by atoms with Crippen molar-refractivity contribution in [2.75, 3.05) is 5.73 Å². The second kappa shape index (κ2) is 3.71. The van der Waals surface area contributed by atoms with Gasteiger partial charge in [0.05, 0.1) is 5.02 Å². The highest BCUT2D eigenvalue weighted by Gasteiger charge is 2.07. The summed E-state index contributed by atoms with van der Waals surface area (Å²) >= 11 is 6.11. The average molecular weight is 247 g/mol. The Hall–Kier alpha value is -2.14. The Balaban J connectivity index is 2.19. The molecule has 0 fully saturated rings. The number of hydrogen-bond acceptors (Lipinski definition) is 5. The molecule has 0 atom stereocenters. The van der Waals surface area contributed by atoms with Crippen molar-refractivity contribution in [1.82, 2.24) is 15.3 Å². The number of fused-ring (bicyclic) bond motifs is 1. The third-order valence-corrected chi connectivity index (χ3v) is 2.75. The topological polar surface area (TPSA) is 77.8 Å². The van der Waals surface area contributed by atoms with E-state index in [1.807, 2.05) is 18.2 Å². The van der Waals surface area contributed by atoms with E-state index in [1.54, 1.807) is 12.3 Å². The third-order valence-electron chi connectivity index (χ3n) is 2.44. The molecule has 0 aliphatic carbocycles. The van der Waals surface area contributed by atoms with Gasteiger partial charge in [0.2, 0.25) is 0 Å². The number of nitrogen functional groups attached to an aromatic ring is 1. The largest absolute Gasteiger partial charge is 0.384 e. The number of nitrogens with zero attached hydrogens (tertiary/aromatic N) is 3. The normalized spacial score (nSPS) is 10.9. The lowest BCUT2D eigenvalue weighted by Crippen LogP contribution is -1.90. The van der Waals surface area contributed by atoms with Gasteiger partial charge in [0.15, 0.2) is 0 Å². The number of anilines is 1. The molecular weight excluding hydrogens is 240 g/mol. The predicted octanol–water partition coefficient (Wildman–Crippen LogP) is 2.52. The van der Waals surface area contributed by atoms with Gasteiger partial charge in [-0.05, 0) is 34.1 Å². The minimum absolute atomic E-state index is 0.392. The molecule has 0 aliphatic heterocycles. The molecule has 0 aliphatic rings. The first-order valence-corrected chi connectivity index (χ1v) is 5.25. The Morgan fingerprint density at radius 3 is 2.76 bits per heavy atom. The molecule has 0 bridgehead atoms. The minimum atomic E-state index is 0.392. The van der Waals surface area contributed by atoms with Crippen molar-refractivity contribution in [3.05, 3.63) is 35.5 Å². The maximum Gasteiger partial charge on any atom is 0.135 e. The fourth-order valence-corrected chi connectivity index (χ4v) is 1.88. The SMILES string of the molecule is Nc1cc(Cl)c(-c2ccc3nonc3c2)cn1. The Morgan fingerprint density at radius 2 is 1.94 bits per heavy atom. The number of rotatable bonds is 1. The number of nitrogens with two attached hydrogens (primary N) is 1. The van der Waals surface area contributed by atoms with E-state index in [0.717, 1.165) is 11.1 Å². The highest BCUT2D eigenvalue weighted by molar-refractivity contribution is 6.33. The third kappa shape index (κ3) is 1.70. The van der Waals surface area contributed by atoms with E-state index in [2.05, 4.69) is 19.9 Å². The molecule has 6 heteroatoms. The second-order valence-electron chi connectivity index (χ2n) is 3.56. The zero-order valence-electron chi connectivity index (χ0n) is 8.59. The van der Waals surface area contributed by atoms with E-state index in [-0.39, 0.29) is 0 Å². The second-order valence-corrected chi connectivity index (χ2v) is 3.96. The Labute approximate surface area is 101 Å². The van der Waals surface area contributed by atoms with Crippen molar-refractivity contribution in [2.45, 2.75) is 0 Å². The number of pyridine rings is 1. The summed E-state index contributed by atoms with van der Waals surface area (Å²) in [6.07, 6.45) is 1.63. The highest BCUT2D eigenvalue weighted by atomic mass is 35.5. The van der Waals surface area contributed by atoms with Gasteiger partial charge in [-0.3, -0.25) is 0 Å². The van der Waals surface area contributed by atoms with Crippen LogP contribution < -0.4 is 5.73 Å². The first-order valence-electron chi connectivity index (χ1n) is 4.88. The van der Waals surface area contributed by atoms with Crippen LogP contribution in [0.2, 0.25) is 5.02 Å². The fraction of sp³-hybridized carbons (Fsp3) is 0. The molecule has 5 nitrogen and oxygen atoms in total. The van der Waals surface area contributed by atoms with Crippen LogP contribution in [0.1, 0.15) is 0 Å². The van der Waals surface area contributed by atoms with Crippen LogP contribution >= 0.6 is 11.6 Å². The monoisotopic (exact) mass is 246 g/mol. The molecule has 2 heterocycles. The van der Waals surface area contributed by atoms with Crippen LogP contribution in [-0.4, -0.2) is 15.3 Å². The van der Waals surface area contributed by atoms with Gasteiger partial charge >= 0.3 is 0 Å². The zero-order chi connectivity index (χ0) is 11.8. The van der Waals surface area contributed by atoms with Crippen molar-refractivity contribution in [2.24, 2.45) is 0 Å². The molecule has 0 unspecified atom stereocenters. The van der Waals surface area contributed by atoms with Crippen molar-refractivity contribution in [3.8, 4) is 11.1 Å². The van der Waals surface area contributed by atoms with Gasteiger partial charge in [-0.2, -0.15) is 0 Å². The quantitative estimate of drug-likeness (QED) is 0.714. The van der Waals surface area contributed by atoms with Crippen LogP contribution in [0.15, 0.2) is 35.1 Å². The van der Waals surface area contributed by atoms with Gasteiger partial charge in [0.25, 0.3) is 0 Å². The highest BCUT2D eigenvalue weighted by Crippen LogP contribution is 2.29. The smallest absolute Gasteiger partial charge is 0.135 e. The van der Waals surface area contributed by atoms with Crippen LogP contribution in [0.5, 0.6) is 0 Å². The zero-order valence-corrected chi connectivity index (χ0v) is 9.35. The molecule has 3 aromatic rings. The van der Waals surface area contributed by atoms with E-state index in [0.29, 0.717) is 21.9 Å². The summed E-state index contributed by atoms with van der Waals surface area (Å²) in [5.41, 5.74) is 8.62. The number of halogens is 1. The van der Waals surface area contributed by atoms with Crippen LogP contribution in [0.4, 0.5) is 5.82 Å². The standard InChI is InChI=1S/C11H7ClN4O/c12-8-4-11(13)14-5-7(8)6-1-2-9-10(3-6)16-17-15-9/h1-5H,(H2,13,14). The Bertz CT molecular complexity index is 695. The predicted molar refractivity (Wildman–Crippen MR) is 64.5 cm³/mol. The molecule has 0 saturated heterocycles. The lowest BCUT2D eigenvalue weighted by atomic mass is 10.1. The van der Waals surface area contributed by atoms with Gasteiger partial charge < -0.3 is 5.73 Å². The van der Waals surface area contributed by atoms with Gasteiger partial charge in [0.1, 0.15) is 16.9 Å². The van der Waals surface area contributed by atoms with Gasteiger partial charge in [-0.15, -0.1) is 0 Å². The van der Waals surface area contributed by atoms with E-state index < -0.39 is 0 Å². The van der Waals surface area contributed by atoms with Crippen LogP contribution in [-0.2, 0) is 0 Å². The summed E-state index contributed by atoms with van der Waals surface area (Å²) in [5, 5.41) is 8.06. The molecule has 0 amide bonds. The molecule has 17 heavy (non-hydrogen) atoms. The molecule has 2 aromatic heterocycles. The summed E-state index contributed by atoms with van der Waals surface area (Å²) in [4.78, 5) is 4.02. The molecule has 3 rings (SSSR count). The molecule has 0 spiro atoms. The first-order chi connectivity index (χ1) is 8.24. The maximum absolute atomic E-state index is 6.11. The summed E-state index contributed by atoms with van der Waals surface area (Å²) < 4.78 is 4.64. The Kier molecular flexibility index (Phi) is 2.19. The summed E-state index contributed by atoms with van der Waals surface area (Å²) in [6.45, 7) is 0. The molecule has 0 radical (unpaired) electrons. The summed E-state index contributed by atoms with van der Waals surface area (Å²) in [6, 6.07) is 7.15. The van der Waals surface area contributed by atoms with Gasteiger partial charge in [0, 0.05) is 11.8 Å². The fourth-order valence-electron chi connectivity index (χ4n) is 1.61. The molecular formula is C11H7ClN4O. The van der Waals surface area contributed by atoms with Crippen molar-refractivity contribution in [1.29, 1.82) is 0 Å². The van der Waals surface area contributed by atoms with E-state index >= 15 is 0 Å². The van der Waals surface area contributed by atoms with Crippen molar-refractivity contribution < 1.29 is 4.63 Å². The molecule has 1 aromatic carbocycles. The summed E-state index contributed by atoms with van der Waals surface area (Å²) in [5.74, 6) is 0.392.